The van der Waals surface area contributed by atoms with Gasteiger partial charge in [0.2, 0.25) is 0 Å². The fourth-order valence-electron chi connectivity index (χ4n) is 8.34. The molecule has 244 valence electrons. The van der Waals surface area contributed by atoms with Gasteiger partial charge < -0.3 is 14.4 Å². The minimum absolute atomic E-state index is 0.137. The Balaban J connectivity index is 1.35. The van der Waals surface area contributed by atoms with Crippen LogP contribution in [0.15, 0.2) is 48.7 Å². The average Bonchev–Trinajstić information content (AvgIpc) is 3.49. The number of terminal acetylenes is 1. The maximum absolute atomic E-state index is 15.0. The van der Waals surface area contributed by atoms with E-state index in [1.807, 2.05) is 31.3 Å². The van der Waals surface area contributed by atoms with E-state index in [1.54, 1.807) is 13.2 Å². The number of fused-ring (bicyclic) bond motifs is 3. The minimum Gasteiger partial charge on any atom is -0.461 e. The van der Waals surface area contributed by atoms with E-state index in [1.165, 1.54) is 24.5 Å². The van der Waals surface area contributed by atoms with Gasteiger partial charge in [0.15, 0.2) is 0 Å². The Hall–Kier alpha value is -4.06. The first-order valence-electron chi connectivity index (χ1n) is 16.9. The van der Waals surface area contributed by atoms with Gasteiger partial charge in [-0.05, 0) is 62.3 Å². The van der Waals surface area contributed by atoms with Crippen molar-refractivity contribution in [3.05, 3.63) is 65.6 Å². The topological polar surface area (TPSA) is 63.6 Å². The quantitative estimate of drug-likeness (QED) is 0.156. The number of hydrogen-bond donors (Lipinski definition) is 0. The van der Waals surface area contributed by atoms with Gasteiger partial charge in [-0.3, -0.25) is 9.88 Å². The van der Waals surface area contributed by atoms with Crippen LogP contribution in [-0.4, -0.2) is 71.4 Å². The molecule has 47 heavy (non-hydrogen) atoms. The monoisotopic (exact) mass is 633 g/mol. The van der Waals surface area contributed by atoms with Crippen molar-refractivity contribution >= 4 is 27.5 Å². The number of methoxy groups -OCH3 is 1. The van der Waals surface area contributed by atoms with Gasteiger partial charge in [-0.2, -0.15) is 9.97 Å². The predicted molar refractivity (Wildman–Crippen MR) is 186 cm³/mol. The van der Waals surface area contributed by atoms with E-state index in [9.17, 15) is 4.39 Å². The van der Waals surface area contributed by atoms with Crippen molar-refractivity contribution in [2.24, 2.45) is 11.8 Å². The SMILES string of the molecule is C#Cc1c(F)ccc2cccc(-c3ncc4c(N5CC(C)CCC(C)C5)nc(OC[C@@]56CC[C@@H](COC)N5CC(=C)C6)nc4c3C)c12. The highest BCUT2D eigenvalue weighted by Crippen LogP contribution is 2.45. The van der Waals surface area contributed by atoms with Crippen LogP contribution >= 0.6 is 0 Å². The van der Waals surface area contributed by atoms with E-state index < -0.39 is 5.82 Å². The third kappa shape index (κ3) is 5.64. The average molecular weight is 634 g/mol. The summed E-state index contributed by atoms with van der Waals surface area (Å²) in [5.74, 6) is 4.08. The van der Waals surface area contributed by atoms with E-state index in [2.05, 4.69) is 36.1 Å². The van der Waals surface area contributed by atoms with Crippen molar-refractivity contribution < 1.29 is 13.9 Å². The van der Waals surface area contributed by atoms with Gasteiger partial charge in [0.05, 0.1) is 34.3 Å². The molecule has 0 spiro atoms. The standard InChI is InChI=1S/C39H44FN5O2/c1-7-30-33(40)14-13-28-9-8-10-31(34(28)30)35-27(5)36-32(18-41-35)37(44-19-24(2)11-12-25(3)20-44)43-38(42-36)47-23-39-16-15-29(22-46-6)45(39)21-26(4)17-39/h1,8-10,13-14,18,24-25,29H,4,11-12,15-17,19-23H2,2-3,5-6H3/t24?,25?,29-,39-/m0/s1. The molecule has 0 radical (unpaired) electrons. The Morgan fingerprint density at radius 2 is 1.89 bits per heavy atom. The number of aryl methyl sites for hydroxylation is 1. The van der Waals surface area contributed by atoms with Crippen molar-refractivity contribution in [3.63, 3.8) is 0 Å². The molecule has 2 aromatic carbocycles. The van der Waals surface area contributed by atoms with Crippen LogP contribution in [0.3, 0.4) is 0 Å². The molecule has 4 atom stereocenters. The van der Waals surface area contributed by atoms with Crippen molar-refractivity contribution in [2.75, 3.05) is 44.9 Å². The maximum Gasteiger partial charge on any atom is 0.319 e. The second-order valence-electron chi connectivity index (χ2n) is 14.2. The first kappa shape index (κ1) is 31.5. The van der Waals surface area contributed by atoms with Gasteiger partial charge in [-0.25, -0.2) is 4.39 Å². The molecule has 4 aromatic rings. The zero-order valence-electron chi connectivity index (χ0n) is 28.0. The Morgan fingerprint density at radius 1 is 1.11 bits per heavy atom. The van der Waals surface area contributed by atoms with E-state index in [4.69, 9.17) is 30.8 Å². The van der Waals surface area contributed by atoms with Gasteiger partial charge in [0, 0.05) is 55.5 Å². The largest absolute Gasteiger partial charge is 0.461 e. The summed E-state index contributed by atoms with van der Waals surface area (Å²) in [6.45, 7) is 14.8. The Morgan fingerprint density at radius 3 is 2.64 bits per heavy atom. The second-order valence-corrected chi connectivity index (χ2v) is 14.2. The van der Waals surface area contributed by atoms with Gasteiger partial charge in [-0.15, -0.1) is 6.42 Å². The van der Waals surface area contributed by atoms with Crippen LogP contribution in [0.1, 0.15) is 57.1 Å². The molecule has 8 heteroatoms. The number of pyridine rings is 1. The molecule has 3 aliphatic rings. The fourth-order valence-corrected chi connectivity index (χ4v) is 8.34. The fraction of sp³-hybridized carbons (Fsp3) is 0.462. The molecule has 0 N–H and O–H groups in total. The summed E-state index contributed by atoms with van der Waals surface area (Å²) in [6.07, 6.45) is 13.1. The molecule has 7 rings (SSSR count). The molecule has 2 aromatic heterocycles. The molecular weight excluding hydrogens is 589 g/mol. The molecule has 3 fully saturated rings. The van der Waals surface area contributed by atoms with E-state index in [0.29, 0.717) is 48.2 Å². The number of nitrogens with zero attached hydrogens (tertiary/aromatic N) is 5. The second kappa shape index (κ2) is 12.5. The maximum atomic E-state index is 15.0. The zero-order chi connectivity index (χ0) is 32.9. The van der Waals surface area contributed by atoms with Crippen molar-refractivity contribution in [1.29, 1.82) is 0 Å². The van der Waals surface area contributed by atoms with Crippen LogP contribution in [0, 0.1) is 36.9 Å². The zero-order valence-corrected chi connectivity index (χ0v) is 28.0. The van der Waals surface area contributed by atoms with Gasteiger partial charge in [-0.1, -0.05) is 56.2 Å². The Kier molecular flexibility index (Phi) is 8.40. The number of hydrogen-bond acceptors (Lipinski definition) is 7. The van der Waals surface area contributed by atoms with Crippen LogP contribution in [0.25, 0.3) is 32.9 Å². The van der Waals surface area contributed by atoms with Crippen LogP contribution in [-0.2, 0) is 4.74 Å². The van der Waals surface area contributed by atoms with E-state index in [-0.39, 0.29) is 11.1 Å². The van der Waals surface area contributed by atoms with Crippen LogP contribution in [0.4, 0.5) is 10.2 Å². The van der Waals surface area contributed by atoms with Crippen molar-refractivity contribution in [2.45, 2.75) is 64.5 Å². The molecule has 0 saturated carbocycles. The summed E-state index contributed by atoms with van der Waals surface area (Å²) >= 11 is 0. The molecule has 5 heterocycles. The highest BCUT2D eigenvalue weighted by molar-refractivity contribution is 6.03. The van der Waals surface area contributed by atoms with Crippen molar-refractivity contribution in [3.8, 4) is 29.6 Å². The van der Waals surface area contributed by atoms with Crippen LogP contribution < -0.4 is 9.64 Å². The first-order valence-corrected chi connectivity index (χ1v) is 16.9. The molecule has 7 nitrogen and oxygen atoms in total. The highest BCUT2D eigenvalue weighted by Gasteiger charge is 2.51. The summed E-state index contributed by atoms with van der Waals surface area (Å²) in [6, 6.07) is 9.77. The lowest BCUT2D eigenvalue weighted by Gasteiger charge is -2.34. The smallest absolute Gasteiger partial charge is 0.319 e. The molecule has 0 aliphatic carbocycles. The number of halogens is 1. The lowest BCUT2D eigenvalue weighted by molar-refractivity contribution is 0.0522. The molecule has 2 unspecified atom stereocenters. The van der Waals surface area contributed by atoms with E-state index >= 15 is 0 Å². The molecular formula is C39H44FN5O2. The number of aromatic nitrogens is 3. The number of ether oxygens (including phenoxy) is 2. The number of rotatable bonds is 7. The van der Waals surface area contributed by atoms with Gasteiger partial charge in [0.25, 0.3) is 0 Å². The predicted octanol–water partition coefficient (Wildman–Crippen LogP) is 7.33. The highest BCUT2D eigenvalue weighted by atomic mass is 19.1. The van der Waals surface area contributed by atoms with Gasteiger partial charge in [0.1, 0.15) is 18.2 Å². The molecule has 0 amide bonds. The normalized spacial score (nSPS) is 24.9. The summed E-state index contributed by atoms with van der Waals surface area (Å²) < 4.78 is 27.2. The van der Waals surface area contributed by atoms with E-state index in [0.717, 1.165) is 72.1 Å². The summed E-state index contributed by atoms with van der Waals surface area (Å²) in [5.41, 5.74) is 4.49. The Labute approximate surface area is 277 Å². The summed E-state index contributed by atoms with van der Waals surface area (Å²) in [4.78, 5) is 20.1. The number of benzene rings is 2. The van der Waals surface area contributed by atoms with Crippen LogP contribution in [0.2, 0.25) is 0 Å². The van der Waals surface area contributed by atoms with Crippen LogP contribution in [0.5, 0.6) is 6.01 Å². The Bertz CT molecular complexity index is 1890. The molecule has 0 bridgehead atoms. The van der Waals surface area contributed by atoms with Crippen molar-refractivity contribution in [1.82, 2.24) is 19.9 Å². The van der Waals surface area contributed by atoms with Gasteiger partial charge >= 0.3 is 6.01 Å². The lowest BCUT2D eigenvalue weighted by Crippen LogP contribution is -2.47. The third-order valence-corrected chi connectivity index (χ3v) is 10.6. The lowest BCUT2D eigenvalue weighted by atomic mass is 9.94. The minimum atomic E-state index is -0.418. The summed E-state index contributed by atoms with van der Waals surface area (Å²) in [7, 11) is 1.77. The number of anilines is 1. The third-order valence-electron chi connectivity index (χ3n) is 10.6. The molecule has 3 aliphatic heterocycles. The summed E-state index contributed by atoms with van der Waals surface area (Å²) in [5, 5.41) is 2.43. The first-order chi connectivity index (χ1) is 22.7. The molecule has 3 saturated heterocycles.